The first-order chi connectivity index (χ1) is 30.3. The summed E-state index contributed by atoms with van der Waals surface area (Å²) in [6.45, 7) is 4.46. The molecule has 320 valence electrons. The van der Waals surface area contributed by atoms with Crippen molar-refractivity contribution in [3.63, 3.8) is 0 Å². The van der Waals surface area contributed by atoms with Gasteiger partial charge in [-0.25, -0.2) is 5.26 Å². The van der Waals surface area contributed by atoms with Gasteiger partial charge < -0.3 is 40.5 Å². The van der Waals surface area contributed by atoms with E-state index in [0.717, 1.165) is 11.4 Å². The highest BCUT2D eigenvalue weighted by atomic mass is 32.2. The van der Waals surface area contributed by atoms with Crippen molar-refractivity contribution in [2.45, 2.75) is 9.79 Å². The molecule has 2 saturated heterocycles. The Labute approximate surface area is 360 Å². The summed E-state index contributed by atoms with van der Waals surface area (Å²) in [6, 6.07) is 28.5. The van der Waals surface area contributed by atoms with Crippen LogP contribution in [-0.4, -0.2) is 101 Å². The molecular formula is C40H40N12O8S2. The molecule has 6 N–H and O–H groups in total. The lowest BCUT2D eigenvalue weighted by Gasteiger charge is -2.27. The van der Waals surface area contributed by atoms with Gasteiger partial charge in [-0.2, -0.15) is 38.3 Å². The predicted molar refractivity (Wildman–Crippen MR) is 234 cm³/mol. The number of rotatable bonds is 16. The fourth-order valence-corrected chi connectivity index (χ4v) is 7.57. The van der Waals surface area contributed by atoms with Crippen LogP contribution < -0.4 is 31.1 Å². The van der Waals surface area contributed by atoms with Gasteiger partial charge in [-0.1, -0.05) is 65.7 Å². The number of benzene rings is 4. The van der Waals surface area contributed by atoms with Gasteiger partial charge in [-0.05, 0) is 59.7 Å². The first kappa shape index (κ1) is 42.2. The number of nitrogens with zero attached hydrogens (tertiary/aromatic N) is 8. The molecule has 22 heteroatoms. The number of morpholine rings is 2. The van der Waals surface area contributed by atoms with Crippen molar-refractivity contribution in [3.05, 3.63) is 108 Å². The molecule has 6 aromatic rings. The Kier molecular flexibility index (Phi) is 13.6. The second-order valence-corrected chi connectivity index (χ2v) is 15.7. The van der Waals surface area contributed by atoms with Crippen LogP contribution in [0.3, 0.4) is 0 Å². The van der Waals surface area contributed by atoms with Crippen LogP contribution in [0.2, 0.25) is 0 Å². The number of aromatic nitrogens is 6. The lowest BCUT2D eigenvalue weighted by atomic mass is 10.1. The van der Waals surface area contributed by atoms with Crippen LogP contribution in [0, 0.1) is 0 Å². The Hall–Kier alpha value is -6.50. The number of hydrogen-bond donors (Lipinski definition) is 6. The van der Waals surface area contributed by atoms with E-state index in [0.29, 0.717) is 98.6 Å². The quantitative estimate of drug-likeness (QED) is 0.0198. The van der Waals surface area contributed by atoms with Crippen LogP contribution >= 0.6 is 12.0 Å². The van der Waals surface area contributed by atoms with Gasteiger partial charge in [0.2, 0.25) is 35.7 Å². The lowest BCUT2D eigenvalue weighted by Crippen LogP contribution is -2.37. The number of anilines is 10. The van der Waals surface area contributed by atoms with Crippen molar-refractivity contribution in [3.8, 4) is 0 Å². The maximum Gasteiger partial charge on any atom is 0.295 e. The largest absolute Gasteiger partial charge is 0.378 e. The first-order valence-electron chi connectivity index (χ1n) is 19.2. The number of nitrogens with one attached hydrogen (secondary N) is 4. The topological polar surface area (TPSA) is 243 Å². The van der Waals surface area contributed by atoms with E-state index in [-0.39, 0.29) is 34.0 Å². The Bertz CT molecular complexity index is 2600. The third-order valence-electron chi connectivity index (χ3n) is 9.31. The summed E-state index contributed by atoms with van der Waals surface area (Å²) >= 11 is 0.701. The summed E-state index contributed by atoms with van der Waals surface area (Å²) in [6.07, 6.45) is 3.14. The molecule has 8 rings (SSSR count). The lowest BCUT2D eigenvalue weighted by molar-refractivity contribution is -0.432. The Morgan fingerprint density at radius 2 is 1.02 bits per heavy atom. The standard InChI is InChI=1S/C40H40N12O8S2/c53-59-60-61-33-25-31(43-37-45-35(41-29-7-3-1-4-8-29)47-39(49-37)51-17-21-57-22-18-51)15-13-27(33)11-12-28-14-16-32(26-34(28)62(54,55)56)44-38-46-36(42-30-9-5-2-6-10-30)48-40(50-38)52-19-23-58-24-20-52/h1-16,25-26,53H,17-24H2,(H,54,55,56)(H2,41,43,45,47,49)(H2,42,44,46,48,50)/b12-11+. The molecule has 0 aliphatic carbocycles. The molecule has 0 radical (unpaired) electrons. The fourth-order valence-electron chi connectivity index (χ4n) is 6.35. The van der Waals surface area contributed by atoms with Crippen LogP contribution in [0.4, 0.5) is 58.4 Å². The molecule has 62 heavy (non-hydrogen) atoms. The van der Waals surface area contributed by atoms with E-state index in [4.69, 9.17) is 19.1 Å². The van der Waals surface area contributed by atoms with Gasteiger partial charge >= 0.3 is 0 Å². The minimum absolute atomic E-state index is 0.143. The Morgan fingerprint density at radius 3 is 1.48 bits per heavy atom. The van der Waals surface area contributed by atoms with Gasteiger partial charge in [0.25, 0.3) is 10.1 Å². The summed E-state index contributed by atoms with van der Waals surface area (Å²) in [4.78, 5) is 31.7. The van der Waals surface area contributed by atoms with Crippen molar-refractivity contribution >= 4 is 92.8 Å². The molecule has 4 heterocycles. The van der Waals surface area contributed by atoms with Gasteiger partial charge in [-0.3, -0.25) is 4.55 Å². The van der Waals surface area contributed by atoms with Crippen LogP contribution in [0.1, 0.15) is 11.1 Å². The van der Waals surface area contributed by atoms with Gasteiger partial charge in [-0.15, -0.1) is 4.33 Å². The second kappa shape index (κ2) is 19.9. The zero-order chi connectivity index (χ0) is 42.7. The van der Waals surface area contributed by atoms with Crippen molar-refractivity contribution in [1.29, 1.82) is 0 Å². The maximum atomic E-state index is 12.8. The van der Waals surface area contributed by atoms with Gasteiger partial charge in [0, 0.05) is 53.8 Å². The smallest absolute Gasteiger partial charge is 0.295 e. The highest BCUT2D eigenvalue weighted by molar-refractivity contribution is 7.94. The van der Waals surface area contributed by atoms with E-state index in [1.54, 1.807) is 30.3 Å². The highest BCUT2D eigenvalue weighted by Gasteiger charge is 2.21. The summed E-state index contributed by atoms with van der Waals surface area (Å²) in [7, 11) is -4.73. The molecule has 0 saturated carbocycles. The van der Waals surface area contributed by atoms with Crippen molar-refractivity contribution in [2.24, 2.45) is 0 Å². The van der Waals surface area contributed by atoms with Crippen molar-refractivity contribution < 1.29 is 37.1 Å². The third-order valence-corrected chi connectivity index (χ3v) is 10.9. The number of ether oxygens (including phenoxy) is 2. The summed E-state index contributed by atoms with van der Waals surface area (Å²) in [5.74, 6) is 1.86. The van der Waals surface area contributed by atoms with Crippen LogP contribution in [0.25, 0.3) is 12.2 Å². The Morgan fingerprint density at radius 1 is 0.581 bits per heavy atom. The monoisotopic (exact) mass is 880 g/mol. The van der Waals surface area contributed by atoms with Gasteiger partial charge in [0.05, 0.1) is 38.5 Å². The zero-order valence-corrected chi connectivity index (χ0v) is 34.4. The van der Waals surface area contributed by atoms with E-state index in [9.17, 15) is 13.0 Å². The van der Waals surface area contributed by atoms with Gasteiger partial charge in [0.1, 0.15) is 4.90 Å². The van der Waals surface area contributed by atoms with Crippen molar-refractivity contribution in [1.82, 2.24) is 29.9 Å². The molecule has 2 aliphatic heterocycles. The van der Waals surface area contributed by atoms with E-state index < -0.39 is 10.1 Å². The highest BCUT2D eigenvalue weighted by Crippen LogP contribution is 2.32. The van der Waals surface area contributed by atoms with E-state index in [1.165, 1.54) is 18.2 Å². The molecule has 2 aromatic heterocycles. The average Bonchev–Trinajstić information content (AvgIpc) is 3.29. The molecule has 0 spiro atoms. The molecule has 0 bridgehead atoms. The van der Waals surface area contributed by atoms with Gasteiger partial charge in [0.15, 0.2) is 0 Å². The minimum atomic E-state index is -4.73. The summed E-state index contributed by atoms with van der Waals surface area (Å²) in [5, 5.41) is 25.6. The van der Waals surface area contributed by atoms with E-state index in [1.807, 2.05) is 70.5 Å². The maximum absolute atomic E-state index is 12.8. The number of para-hydroxylation sites is 2. The average molecular weight is 881 g/mol. The summed E-state index contributed by atoms with van der Waals surface area (Å²) < 4.78 is 51.8. The van der Waals surface area contributed by atoms with Crippen LogP contribution in [0.15, 0.2) is 107 Å². The molecule has 20 nitrogen and oxygen atoms in total. The molecule has 2 fully saturated rings. The second-order valence-electron chi connectivity index (χ2n) is 13.5. The van der Waals surface area contributed by atoms with Crippen molar-refractivity contribution in [2.75, 3.05) is 83.7 Å². The van der Waals surface area contributed by atoms with E-state index in [2.05, 4.69) is 56.2 Å². The third kappa shape index (κ3) is 11.2. The van der Waals surface area contributed by atoms with E-state index >= 15 is 0 Å². The van der Waals surface area contributed by atoms with Crippen LogP contribution in [0.5, 0.6) is 0 Å². The zero-order valence-electron chi connectivity index (χ0n) is 32.8. The normalized spacial score (nSPS) is 14.5. The fraction of sp³-hybridized carbons (Fsp3) is 0.200. The predicted octanol–water partition coefficient (Wildman–Crippen LogP) is 6.55. The molecule has 0 unspecified atom stereocenters. The molecule has 4 aromatic carbocycles. The molecule has 0 atom stereocenters. The summed E-state index contributed by atoms with van der Waals surface area (Å²) in [5.41, 5.74) is 3.10. The van der Waals surface area contributed by atoms with Crippen LogP contribution in [-0.2, 0) is 29.0 Å². The Balaban J connectivity index is 1.05. The first-order valence-corrected chi connectivity index (χ1v) is 21.4. The molecular weight excluding hydrogens is 841 g/mol. The molecule has 0 amide bonds. The number of hydrogen-bond acceptors (Lipinski definition) is 20. The minimum Gasteiger partial charge on any atom is -0.378 e. The SMILES string of the molecule is O=S(=O)(O)c1cc(Nc2nc(Nc3ccccc3)nc(N3CCOCC3)n2)ccc1/C=C/c1ccc(Nc2nc(Nc3ccccc3)nc(N3CCOCC3)n2)cc1SOOO. The molecule has 2 aliphatic rings.